The van der Waals surface area contributed by atoms with Crippen LogP contribution in [0.4, 0.5) is 0 Å². The summed E-state index contributed by atoms with van der Waals surface area (Å²) in [6.07, 6.45) is 3.06. The number of hydrogen-bond donors (Lipinski definition) is 0. The van der Waals surface area contributed by atoms with Gasteiger partial charge in [0.15, 0.2) is 5.78 Å². The lowest BCUT2D eigenvalue weighted by molar-refractivity contribution is -0.143. The van der Waals surface area contributed by atoms with E-state index in [1.807, 2.05) is 6.92 Å². The fourth-order valence-corrected chi connectivity index (χ4v) is 1.59. The molecular formula is C11H16O4. The molecule has 0 aliphatic heterocycles. The largest absolute Gasteiger partial charge is 0.498 e. The summed E-state index contributed by atoms with van der Waals surface area (Å²) in [5.41, 5.74) is 0. The van der Waals surface area contributed by atoms with Gasteiger partial charge in [-0.3, -0.25) is 9.59 Å². The van der Waals surface area contributed by atoms with Crippen LogP contribution in [0.25, 0.3) is 0 Å². The number of methoxy groups -OCH3 is 1. The number of ketones is 1. The molecule has 0 spiro atoms. The van der Waals surface area contributed by atoms with E-state index in [0.29, 0.717) is 13.0 Å². The van der Waals surface area contributed by atoms with Crippen LogP contribution in [0.3, 0.4) is 0 Å². The number of allylic oxidation sites excluding steroid dienone is 2. The Labute approximate surface area is 89.2 Å². The lowest BCUT2D eigenvalue weighted by Gasteiger charge is -2.19. The Morgan fingerprint density at radius 1 is 1.60 bits per heavy atom. The third-order valence-corrected chi connectivity index (χ3v) is 2.42. The van der Waals surface area contributed by atoms with Crippen LogP contribution in [0.15, 0.2) is 11.8 Å². The Kier molecular flexibility index (Phi) is 4.34. The molecule has 0 aromatic heterocycles. The van der Waals surface area contributed by atoms with Gasteiger partial charge in [-0.25, -0.2) is 0 Å². The summed E-state index contributed by atoms with van der Waals surface area (Å²) in [7, 11) is 1.33. The van der Waals surface area contributed by atoms with Crippen LogP contribution < -0.4 is 0 Å². The van der Waals surface area contributed by atoms with E-state index in [4.69, 9.17) is 4.74 Å². The number of rotatable bonds is 4. The molecule has 0 aromatic carbocycles. The van der Waals surface area contributed by atoms with Gasteiger partial charge in [0, 0.05) is 18.4 Å². The van der Waals surface area contributed by atoms with Gasteiger partial charge in [0.2, 0.25) is 0 Å². The van der Waals surface area contributed by atoms with Crippen LogP contribution in [-0.4, -0.2) is 25.5 Å². The monoisotopic (exact) mass is 212 g/mol. The number of carbonyl (C=O) groups is 2. The molecule has 84 valence electrons. The highest BCUT2D eigenvalue weighted by Crippen LogP contribution is 2.24. The average molecular weight is 212 g/mol. The predicted molar refractivity (Wildman–Crippen MR) is 54.1 cm³/mol. The van der Waals surface area contributed by atoms with Crippen molar-refractivity contribution in [2.75, 3.05) is 13.7 Å². The normalized spacial score (nSPS) is 20.8. The van der Waals surface area contributed by atoms with Crippen molar-refractivity contribution in [3.05, 3.63) is 11.8 Å². The average Bonchev–Trinajstić information content (AvgIpc) is 2.22. The zero-order chi connectivity index (χ0) is 11.3. The minimum Gasteiger partial charge on any atom is -0.498 e. The molecule has 0 amide bonds. The Hall–Kier alpha value is -1.32. The van der Waals surface area contributed by atoms with E-state index >= 15 is 0 Å². The molecule has 1 unspecified atom stereocenters. The summed E-state index contributed by atoms with van der Waals surface area (Å²) in [6.45, 7) is 2.45. The van der Waals surface area contributed by atoms with Crippen LogP contribution >= 0.6 is 0 Å². The van der Waals surface area contributed by atoms with Gasteiger partial charge in [0.1, 0.15) is 0 Å². The second-order valence-corrected chi connectivity index (χ2v) is 3.46. The summed E-state index contributed by atoms with van der Waals surface area (Å²) in [4.78, 5) is 22.6. The first-order chi connectivity index (χ1) is 7.17. The second kappa shape index (κ2) is 5.53. The Bertz CT molecular complexity index is 280. The van der Waals surface area contributed by atoms with E-state index in [-0.39, 0.29) is 24.1 Å². The second-order valence-electron chi connectivity index (χ2n) is 3.46. The molecule has 4 heteroatoms. The number of hydrogen-bond acceptors (Lipinski definition) is 4. The van der Waals surface area contributed by atoms with Crippen LogP contribution in [-0.2, 0) is 19.1 Å². The zero-order valence-corrected chi connectivity index (χ0v) is 9.12. The molecule has 0 saturated heterocycles. The van der Waals surface area contributed by atoms with Crippen LogP contribution in [0, 0.1) is 5.92 Å². The quantitative estimate of drug-likeness (QED) is 0.662. The summed E-state index contributed by atoms with van der Waals surface area (Å²) in [5.74, 6) is 0.127. The molecule has 0 bridgehead atoms. The molecular weight excluding hydrogens is 196 g/mol. The minimum atomic E-state index is -0.332. The van der Waals surface area contributed by atoms with Crippen molar-refractivity contribution >= 4 is 11.8 Å². The molecule has 0 N–H and O–H groups in total. The molecule has 15 heavy (non-hydrogen) atoms. The predicted octanol–water partition coefficient (Wildman–Crippen LogP) is 1.45. The first-order valence-corrected chi connectivity index (χ1v) is 5.11. The summed E-state index contributed by atoms with van der Waals surface area (Å²) in [5, 5.41) is 0. The molecule has 1 aliphatic carbocycles. The standard InChI is InChI=1S/C11H16O4/c1-3-15-9-5-4-8(10(12)7-9)6-11(13)14-2/h7-8H,3-6H2,1-2H3. The molecule has 1 rings (SSSR count). The highest BCUT2D eigenvalue weighted by atomic mass is 16.5. The highest BCUT2D eigenvalue weighted by Gasteiger charge is 2.25. The molecule has 1 aliphatic rings. The third-order valence-electron chi connectivity index (χ3n) is 2.42. The van der Waals surface area contributed by atoms with E-state index < -0.39 is 0 Å². The van der Waals surface area contributed by atoms with Gasteiger partial charge in [-0.05, 0) is 13.3 Å². The van der Waals surface area contributed by atoms with Crippen molar-refractivity contribution < 1.29 is 19.1 Å². The van der Waals surface area contributed by atoms with Crippen molar-refractivity contribution in [3.8, 4) is 0 Å². The maximum absolute atomic E-state index is 11.6. The molecule has 0 fully saturated rings. The SMILES string of the molecule is CCOC1=CC(=O)C(CC(=O)OC)CC1. The first-order valence-electron chi connectivity index (χ1n) is 5.11. The minimum absolute atomic E-state index is 0.0323. The molecule has 4 nitrogen and oxygen atoms in total. The summed E-state index contributed by atoms with van der Waals surface area (Å²) in [6, 6.07) is 0. The van der Waals surface area contributed by atoms with Crippen LogP contribution in [0.5, 0.6) is 0 Å². The van der Waals surface area contributed by atoms with Crippen molar-refractivity contribution in [3.63, 3.8) is 0 Å². The molecule has 0 radical (unpaired) electrons. The summed E-state index contributed by atoms with van der Waals surface area (Å²) >= 11 is 0. The number of carbonyl (C=O) groups excluding carboxylic acids is 2. The fourth-order valence-electron chi connectivity index (χ4n) is 1.59. The Morgan fingerprint density at radius 2 is 2.33 bits per heavy atom. The Morgan fingerprint density at radius 3 is 2.87 bits per heavy atom. The number of esters is 1. The van der Waals surface area contributed by atoms with Gasteiger partial charge in [-0.2, -0.15) is 0 Å². The van der Waals surface area contributed by atoms with Gasteiger partial charge in [0.05, 0.1) is 25.9 Å². The number of ether oxygens (including phenoxy) is 2. The van der Waals surface area contributed by atoms with Crippen molar-refractivity contribution in [1.29, 1.82) is 0 Å². The van der Waals surface area contributed by atoms with Crippen molar-refractivity contribution in [2.45, 2.75) is 26.2 Å². The maximum Gasteiger partial charge on any atom is 0.306 e. The van der Waals surface area contributed by atoms with Gasteiger partial charge in [0.25, 0.3) is 0 Å². The van der Waals surface area contributed by atoms with Crippen molar-refractivity contribution in [2.24, 2.45) is 5.92 Å². The smallest absolute Gasteiger partial charge is 0.306 e. The van der Waals surface area contributed by atoms with E-state index in [1.54, 1.807) is 0 Å². The topological polar surface area (TPSA) is 52.6 Å². The van der Waals surface area contributed by atoms with Gasteiger partial charge < -0.3 is 9.47 Å². The highest BCUT2D eigenvalue weighted by molar-refractivity contribution is 5.95. The lowest BCUT2D eigenvalue weighted by Crippen LogP contribution is -2.22. The Balaban J connectivity index is 2.53. The fraction of sp³-hybridized carbons (Fsp3) is 0.636. The third kappa shape index (κ3) is 3.38. The first kappa shape index (κ1) is 11.8. The zero-order valence-electron chi connectivity index (χ0n) is 9.12. The summed E-state index contributed by atoms with van der Waals surface area (Å²) < 4.78 is 9.79. The molecule has 1 atom stereocenters. The van der Waals surface area contributed by atoms with E-state index in [0.717, 1.165) is 12.2 Å². The molecule has 0 aromatic rings. The van der Waals surface area contributed by atoms with E-state index in [1.165, 1.54) is 13.2 Å². The van der Waals surface area contributed by atoms with E-state index in [9.17, 15) is 9.59 Å². The molecule has 0 saturated carbocycles. The lowest BCUT2D eigenvalue weighted by atomic mass is 9.89. The van der Waals surface area contributed by atoms with E-state index in [2.05, 4.69) is 4.74 Å². The van der Waals surface area contributed by atoms with Crippen LogP contribution in [0.1, 0.15) is 26.2 Å². The van der Waals surface area contributed by atoms with Gasteiger partial charge in [-0.15, -0.1) is 0 Å². The van der Waals surface area contributed by atoms with Crippen LogP contribution in [0.2, 0.25) is 0 Å². The van der Waals surface area contributed by atoms with Gasteiger partial charge >= 0.3 is 5.97 Å². The maximum atomic E-state index is 11.6. The van der Waals surface area contributed by atoms with Crippen molar-refractivity contribution in [1.82, 2.24) is 0 Å². The van der Waals surface area contributed by atoms with Gasteiger partial charge in [-0.1, -0.05) is 0 Å². The molecule has 0 heterocycles.